The highest BCUT2D eigenvalue weighted by atomic mass is 16.3. The van der Waals surface area contributed by atoms with Crippen molar-refractivity contribution in [2.75, 3.05) is 5.32 Å². The van der Waals surface area contributed by atoms with E-state index in [0.717, 1.165) is 29.9 Å². The predicted molar refractivity (Wildman–Crippen MR) is 76.4 cm³/mol. The molecule has 0 fully saturated rings. The quantitative estimate of drug-likeness (QED) is 0.825. The van der Waals surface area contributed by atoms with Crippen molar-refractivity contribution in [3.63, 3.8) is 0 Å². The van der Waals surface area contributed by atoms with E-state index in [9.17, 15) is 4.79 Å². The molecule has 1 amide bonds. The van der Waals surface area contributed by atoms with Crippen molar-refractivity contribution in [3.8, 4) is 0 Å². The topological polar surface area (TPSA) is 42.2 Å². The van der Waals surface area contributed by atoms with Gasteiger partial charge in [-0.2, -0.15) is 0 Å². The van der Waals surface area contributed by atoms with Crippen molar-refractivity contribution >= 4 is 22.6 Å². The van der Waals surface area contributed by atoms with Crippen molar-refractivity contribution < 1.29 is 9.21 Å². The third-order valence-corrected chi connectivity index (χ3v) is 3.81. The molecule has 0 aliphatic heterocycles. The average molecular weight is 257 g/mol. The van der Waals surface area contributed by atoms with Gasteiger partial charge in [-0.25, -0.2) is 0 Å². The van der Waals surface area contributed by atoms with Gasteiger partial charge < -0.3 is 9.73 Å². The smallest absolute Gasteiger partial charge is 0.224 e. The maximum atomic E-state index is 11.5. The number of nitrogens with one attached hydrogen (secondary N) is 1. The number of benzene rings is 1. The fourth-order valence-corrected chi connectivity index (χ4v) is 2.77. The van der Waals surface area contributed by atoms with E-state index >= 15 is 0 Å². The van der Waals surface area contributed by atoms with Gasteiger partial charge in [0.05, 0.1) is 0 Å². The Kier molecular flexibility index (Phi) is 3.28. The molecule has 2 aromatic rings. The molecule has 0 unspecified atom stereocenters. The number of amides is 1. The van der Waals surface area contributed by atoms with Gasteiger partial charge in [-0.1, -0.05) is 13.3 Å². The first-order valence-electron chi connectivity index (χ1n) is 7.12. The summed E-state index contributed by atoms with van der Waals surface area (Å²) in [5, 5.41) is 4.09. The third kappa shape index (κ3) is 2.37. The van der Waals surface area contributed by atoms with E-state index in [2.05, 4.69) is 11.4 Å². The summed E-state index contributed by atoms with van der Waals surface area (Å²) in [5.74, 6) is 1.19. The zero-order valence-corrected chi connectivity index (χ0v) is 11.3. The Morgan fingerprint density at radius 1 is 1.26 bits per heavy atom. The highest BCUT2D eigenvalue weighted by molar-refractivity contribution is 5.94. The summed E-state index contributed by atoms with van der Waals surface area (Å²) in [5.41, 5.74) is 3.16. The second-order valence-corrected chi connectivity index (χ2v) is 5.18. The van der Waals surface area contributed by atoms with E-state index in [1.807, 2.05) is 19.1 Å². The Morgan fingerprint density at radius 2 is 2.11 bits per heavy atom. The van der Waals surface area contributed by atoms with Crippen LogP contribution >= 0.6 is 0 Å². The van der Waals surface area contributed by atoms with Crippen LogP contribution in [0, 0.1) is 0 Å². The molecule has 1 heterocycles. The van der Waals surface area contributed by atoms with Gasteiger partial charge in [0, 0.05) is 29.5 Å². The van der Waals surface area contributed by atoms with Gasteiger partial charge in [-0.05, 0) is 37.5 Å². The SMILES string of the molecule is CCC(=O)Nc1ccc2oc3c(c2c1)CCCCC3. The van der Waals surface area contributed by atoms with E-state index in [0.29, 0.717) is 6.42 Å². The maximum absolute atomic E-state index is 11.5. The number of anilines is 1. The number of furan rings is 1. The summed E-state index contributed by atoms with van der Waals surface area (Å²) in [4.78, 5) is 11.5. The number of hydrogen-bond donors (Lipinski definition) is 1. The van der Waals surface area contributed by atoms with Crippen LogP contribution < -0.4 is 5.32 Å². The van der Waals surface area contributed by atoms with E-state index in [4.69, 9.17) is 4.42 Å². The summed E-state index contributed by atoms with van der Waals surface area (Å²) in [6.07, 6.45) is 6.35. The standard InChI is InChI=1S/C16H19NO2/c1-2-16(18)17-11-8-9-15-13(10-11)12-6-4-3-5-7-14(12)19-15/h8-10H,2-7H2,1H3,(H,17,18). The minimum Gasteiger partial charge on any atom is -0.461 e. The lowest BCUT2D eigenvalue weighted by Crippen LogP contribution is -2.09. The summed E-state index contributed by atoms with van der Waals surface area (Å²) in [6.45, 7) is 1.86. The van der Waals surface area contributed by atoms with E-state index < -0.39 is 0 Å². The molecule has 3 heteroatoms. The fourth-order valence-electron chi connectivity index (χ4n) is 2.77. The van der Waals surface area contributed by atoms with E-state index in [-0.39, 0.29) is 5.91 Å². The Labute approximate surface area is 113 Å². The molecule has 0 spiro atoms. The van der Waals surface area contributed by atoms with Crippen molar-refractivity contribution in [2.24, 2.45) is 0 Å². The van der Waals surface area contributed by atoms with Crippen LogP contribution in [0.3, 0.4) is 0 Å². The molecule has 0 radical (unpaired) electrons. The summed E-state index contributed by atoms with van der Waals surface area (Å²) in [7, 11) is 0. The second-order valence-electron chi connectivity index (χ2n) is 5.18. The lowest BCUT2D eigenvalue weighted by molar-refractivity contribution is -0.115. The van der Waals surface area contributed by atoms with Crippen LogP contribution in [0.4, 0.5) is 5.69 Å². The van der Waals surface area contributed by atoms with Crippen LogP contribution in [0.1, 0.15) is 43.9 Å². The minimum atomic E-state index is 0.0499. The monoisotopic (exact) mass is 257 g/mol. The Morgan fingerprint density at radius 3 is 2.95 bits per heavy atom. The van der Waals surface area contributed by atoms with Gasteiger partial charge in [0.1, 0.15) is 11.3 Å². The molecule has 100 valence electrons. The van der Waals surface area contributed by atoms with Crippen LogP contribution in [-0.2, 0) is 17.6 Å². The molecule has 1 aliphatic rings. The highest BCUT2D eigenvalue weighted by Gasteiger charge is 2.16. The normalized spacial score (nSPS) is 15.0. The first-order chi connectivity index (χ1) is 9.28. The second kappa shape index (κ2) is 5.08. The van der Waals surface area contributed by atoms with Crippen molar-refractivity contribution in [2.45, 2.75) is 45.4 Å². The first kappa shape index (κ1) is 12.3. The zero-order chi connectivity index (χ0) is 13.2. The largest absolute Gasteiger partial charge is 0.461 e. The Hall–Kier alpha value is -1.77. The van der Waals surface area contributed by atoms with Gasteiger partial charge in [0.2, 0.25) is 5.91 Å². The molecular formula is C16H19NO2. The van der Waals surface area contributed by atoms with Gasteiger partial charge in [-0.15, -0.1) is 0 Å². The zero-order valence-electron chi connectivity index (χ0n) is 11.3. The lowest BCUT2D eigenvalue weighted by atomic mass is 10.1. The van der Waals surface area contributed by atoms with Gasteiger partial charge in [0.25, 0.3) is 0 Å². The number of fused-ring (bicyclic) bond motifs is 3. The Balaban J connectivity index is 2.01. The highest BCUT2D eigenvalue weighted by Crippen LogP contribution is 2.32. The van der Waals surface area contributed by atoms with Crippen LogP contribution in [0.25, 0.3) is 11.0 Å². The molecule has 0 bridgehead atoms. The summed E-state index contributed by atoms with van der Waals surface area (Å²) < 4.78 is 5.94. The summed E-state index contributed by atoms with van der Waals surface area (Å²) >= 11 is 0. The van der Waals surface area contributed by atoms with E-state index in [1.54, 1.807) is 0 Å². The number of aryl methyl sites for hydroxylation is 2. The molecule has 19 heavy (non-hydrogen) atoms. The molecule has 1 N–H and O–H groups in total. The van der Waals surface area contributed by atoms with Crippen LogP contribution in [0.15, 0.2) is 22.6 Å². The number of hydrogen-bond acceptors (Lipinski definition) is 2. The average Bonchev–Trinajstić information content (AvgIpc) is 2.60. The van der Waals surface area contributed by atoms with Crippen LogP contribution in [-0.4, -0.2) is 5.91 Å². The van der Waals surface area contributed by atoms with Crippen molar-refractivity contribution in [1.29, 1.82) is 0 Å². The predicted octanol–water partition coefficient (Wildman–Crippen LogP) is 4.05. The third-order valence-electron chi connectivity index (χ3n) is 3.81. The minimum absolute atomic E-state index is 0.0499. The number of carbonyl (C=O) groups excluding carboxylic acids is 1. The van der Waals surface area contributed by atoms with E-state index in [1.165, 1.54) is 30.2 Å². The van der Waals surface area contributed by atoms with Gasteiger partial charge >= 0.3 is 0 Å². The molecule has 1 aliphatic carbocycles. The Bertz CT molecular complexity index is 612. The molecule has 3 nitrogen and oxygen atoms in total. The van der Waals surface area contributed by atoms with Gasteiger partial charge in [0.15, 0.2) is 0 Å². The molecule has 0 saturated heterocycles. The molecule has 1 aromatic carbocycles. The molecular weight excluding hydrogens is 238 g/mol. The van der Waals surface area contributed by atoms with Crippen molar-refractivity contribution in [3.05, 3.63) is 29.5 Å². The number of carbonyl (C=O) groups is 1. The van der Waals surface area contributed by atoms with Crippen LogP contribution in [0.5, 0.6) is 0 Å². The first-order valence-corrected chi connectivity index (χ1v) is 7.12. The fraction of sp³-hybridized carbons (Fsp3) is 0.438. The molecule has 0 saturated carbocycles. The lowest BCUT2D eigenvalue weighted by Gasteiger charge is -2.03. The van der Waals surface area contributed by atoms with Crippen molar-refractivity contribution in [1.82, 2.24) is 0 Å². The molecule has 1 aromatic heterocycles. The summed E-state index contributed by atoms with van der Waals surface area (Å²) in [6, 6.07) is 5.93. The number of rotatable bonds is 2. The molecule has 3 rings (SSSR count). The molecule has 0 atom stereocenters. The maximum Gasteiger partial charge on any atom is 0.224 e. The van der Waals surface area contributed by atoms with Gasteiger partial charge in [-0.3, -0.25) is 4.79 Å². The van der Waals surface area contributed by atoms with Crippen LogP contribution in [0.2, 0.25) is 0 Å².